The van der Waals surface area contributed by atoms with Gasteiger partial charge in [0, 0.05) is 0 Å². The third kappa shape index (κ3) is 2.66. The van der Waals surface area contributed by atoms with E-state index in [2.05, 4.69) is 0 Å². The molecule has 0 aromatic heterocycles. The van der Waals surface area contributed by atoms with Crippen molar-refractivity contribution in [3.8, 4) is 5.75 Å². The van der Waals surface area contributed by atoms with Gasteiger partial charge in [-0.1, -0.05) is 0 Å². The van der Waals surface area contributed by atoms with Crippen LogP contribution in [0.2, 0.25) is 0 Å². The number of benzene rings is 1. The van der Waals surface area contributed by atoms with Crippen LogP contribution >= 0.6 is 0 Å². The number of aromatic carboxylic acids is 1. The minimum absolute atomic E-state index is 0.250. The fraction of sp³-hybridized carbons (Fsp3) is 0.222. The lowest BCUT2D eigenvalue weighted by Crippen LogP contribution is -2.16. The van der Waals surface area contributed by atoms with E-state index in [1.54, 1.807) is 0 Å². The lowest BCUT2D eigenvalue weighted by molar-refractivity contribution is -0.142. The zero-order chi connectivity index (χ0) is 14.3. The second kappa shape index (κ2) is 4.07. The second-order valence-electron chi connectivity index (χ2n) is 3.22. The zero-order valence-corrected chi connectivity index (χ0v) is 8.23. The van der Waals surface area contributed by atoms with Crippen LogP contribution in [-0.2, 0) is 12.4 Å². The number of hydrogen-bond acceptors (Lipinski definition) is 2. The van der Waals surface area contributed by atoms with Gasteiger partial charge in [-0.25, -0.2) is 4.79 Å². The molecule has 0 saturated heterocycles. The standard InChI is InChI=1S/C9H4F6O3/c10-8(11,12)4-2-6(16)5(9(13,14)15)1-3(4)7(17)18/h1-2,16H,(H,17,18). The maximum absolute atomic E-state index is 12.4. The van der Waals surface area contributed by atoms with Gasteiger partial charge in [-0.2, -0.15) is 26.3 Å². The van der Waals surface area contributed by atoms with Crippen molar-refractivity contribution in [3.05, 3.63) is 28.8 Å². The van der Waals surface area contributed by atoms with Crippen molar-refractivity contribution in [2.45, 2.75) is 12.4 Å². The number of carboxylic acid groups (broad SMARTS) is 1. The Hall–Kier alpha value is -1.93. The van der Waals surface area contributed by atoms with Crippen LogP contribution < -0.4 is 0 Å². The fourth-order valence-electron chi connectivity index (χ4n) is 1.23. The molecular formula is C9H4F6O3. The summed E-state index contributed by atoms with van der Waals surface area (Å²) in [6, 6.07) is -0.507. The molecule has 9 heteroatoms. The molecular weight excluding hydrogens is 270 g/mol. The van der Waals surface area contributed by atoms with Crippen molar-refractivity contribution in [1.82, 2.24) is 0 Å². The minimum Gasteiger partial charge on any atom is -0.507 e. The highest BCUT2D eigenvalue weighted by atomic mass is 19.4. The molecule has 0 fully saturated rings. The van der Waals surface area contributed by atoms with Crippen LogP contribution in [0.3, 0.4) is 0 Å². The van der Waals surface area contributed by atoms with E-state index in [1.807, 2.05) is 0 Å². The van der Waals surface area contributed by atoms with Crippen molar-refractivity contribution in [2.75, 3.05) is 0 Å². The Morgan fingerprint density at radius 1 is 0.944 bits per heavy atom. The molecule has 0 unspecified atom stereocenters. The lowest BCUT2D eigenvalue weighted by atomic mass is 10.0. The molecule has 0 aliphatic carbocycles. The van der Waals surface area contributed by atoms with Gasteiger partial charge in [0.1, 0.15) is 5.75 Å². The number of hydrogen-bond donors (Lipinski definition) is 2. The molecule has 0 atom stereocenters. The third-order valence-corrected chi connectivity index (χ3v) is 1.98. The minimum atomic E-state index is -5.19. The first kappa shape index (κ1) is 14.1. The molecule has 1 aromatic carbocycles. The van der Waals surface area contributed by atoms with Crippen molar-refractivity contribution in [2.24, 2.45) is 0 Å². The Morgan fingerprint density at radius 3 is 1.72 bits per heavy atom. The Morgan fingerprint density at radius 2 is 1.39 bits per heavy atom. The first-order chi connectivity index (χ1) is 7.94. The van der Waals surface area contributed by atoms with Gasteiger partial charge < -0.3 is 10.2 Å². The summed E-state index contributed by atoms with van der Waals surface area (Å²) in [5.74, 6) is -3.85. The first-order valence-corrected chi connectivity index (χ1v) is 4.19. The van der Waals surface area contributed by atoms with Crippen molar-refractivity contribution < 1.29 is 41.4 Å². The predicted octanol–water partition coefficient (Wildman–Crippen LogP) is 3.13. The number of rotatable bonds is 1. The number of halogens is 6. The SMILES string of the molecule is O=C(O)c1cc(C(F)(F)F)c(O)cc1C(F)(F)F. The molecule has 0 saturated carbocycles. The average Bonchev–Trinajstić information content (AvgIpc) is 2.13. The molecule has 2 N–H and O–H groups in total. The van der Waals surface area contributed by atoms with Crippen LogP contribution in [-0.4, -0.2) is 16.2 Å². The van der Waals surface area contributed by atoms with Crippen molar-refractivity contribution in [1.29, 1.82) is 0 Å². The summed E-state index contributed by atoms with van der Waals surface area (Å²) < 4.78 is 73.9. The van der Waals surface area contributed by atoms with Crippen LogP contribution in [0.15, 0.2) is 12.1 Å². The Balaban J connectivity index is 3.60. The van der Waals surface area contributed by atoms with E-state index in [1.165, 1.54) is 0 Å². The molecule has 0 spiro atoms. The van der Waals surface area contributed by atoms with E-state index < -0.39 is 40.8 Å². The summed E-state index contributed by atoms with van der Waals surface area (Å²) in [6.45, 7) is 0. The monoisotopic (exact) mass is 274 g/mol. The molecule has 18 heavy (non-hydrogen) atoms. The van der Waals surface area contributed by atoms with Gasteiger partial charge in [-0.05, 0) is 12.1 Å². The van der Waals surface area contributed by atoms with Crippen LogP contribution in [0.4, 0.5) is 26.3 Å². The quantitative estimate of drug-likeness (QED) is 0.773. The van der Waals surface area contributed by atoms with E-state index in [9.17, 15) is 31.1 Å². The Kier molecular flexibility index (Phi) is 3.20. The van der Waals surface area contributed by atoms with E-state index in [-0.39, 0.29) is 12.1 Å². The molecule has 100 valence electrons. The molecule has 0 bridgehead atoms. The molecule has 0 radical (unpaired) electrons. The molecule has 0 heterocycles. The summed E-state index contributed by atoms with van der Waals surface area (Å²) >= 11 is 0. The summed E-state index contributed by atoms with van der Waals surface area (Å²) in [6.07, 6.45) is -10.3. The third-order valence-electron chi connectivity index (χ3n) is 1.98. The van der Waals surface area contributed by atoms with Crippen LogP contribution in [0.5, 0.6) is 5.75 Å². The number of aromatic hydroxyl groups is 1. The average molecular weight is 274 g/mol. The second-order valence-corrected chi connectivity index (χ2v) is 3.22. The number of carbonyl (C=O) groups is 1. The number of phenolic OH excluding ortho intramolecular Hbond substituents is 1. The van der Waals surface area contributed by atoms with Gasteiger partial charge in [-0.15, -0.1) is 0 Å². The maximum atomic E-state index is 12.4. The smallest absolute Gasteiger partial charge is 0.419 e. The number of phenols is 1. The Labute approximate surface area is 95.3 Å². The molecule has 1 aromatic rings. The fourth-order valence-corrected chi connectivity index (χ4v) is 1.23. The maximum Gasteiger partial charge on any atom is 0.419 e. The normalized spacial score (nSPS) is 12.6. The number of carboxylic acids is 1. The van der Waals surface area contributed by atoms with E-state index in [4.69, 9.17) is 10.2 Å². The molecule has 3 nitrogen and oxygen atoms in total. The number of alkyl halides is 6. The van der Waals surface area contributed by atoms with Crippen LogP contribution in [0.1, 0.15) is 21.5 Å². The van der Waals surface area contributed by atoms with Crippen LogP contribution in [0, 0.1) is 0 Å². The van der Waals surface area contributed by atoms with Crippen LogP contribution in [0.25, 0.3) is 0 Å². The predicted molar refractivity (Wildman–Crippen MR) is 45.1 cm³/mol. The highest BCUT2D eigenvalue weighted by Gasteiger charge is 2.41. The highest BCUT2D eigenvalue weighted by Crippen LogP contribution is 2.41. The van der Waals surface area contributed by atoms with Gasteiger partial charge in [0.25, 0.3) is 0 Å². The van der Waals surface area contributed by atoms with Crippen molar-refractivity contribution in [3.63, 3.8) is 0 Å². The zero-order valence-electron chi connectivity index (χ0n) is 8.23. The molecule has 0 aliphatic rings. The Bertz CT molecular complexity index is 488. The van der Waals surface area contributed by atoms with Gasteiger partial charge >= 0.3 is 18.3 Å². The lowest BCUT2D eigenvalue weighted by Gasteiger charge is -2.15. The van der Waals surface area contributed by atoms with Crippen molar-refractivity contribution >= 4 is 5.97 Å². The van der Waals surface area contributed by atoms with E-state index in [0.29, 0.717) is 0 Å². The van der Waals surface area contributed by atoms with E-state index >= 15 is 0 Å². The van der Waals surface area contributed by atoms with Gasteiger partial charge in [0.2, 0.25) is 0 Å². The van der Waals surface area contributed by atoms with Gasteiger partial charge in [0.05, 0.1) is 16.7 Å². The molecule has 1 rings (SSSR count). The summed E-state index contributed by atoms with van der Waals surface area (Å²) in [5, 5.41) is 17.3. The first-order valence-electron chi connectivity index (χ1n) is 4.19. The molecule has 0 aliphatic heterocycles. The summed E-state index contributed by atoms with van der Waals surface area (Å²) in [5.41, 5.74) is -5.26. The largest absolute Gasteiger partial charge is 0.507 e. The van der Waals surface area contributed by atoms with Gasteiger partial charge in [-0.3, -0.25) is 0 Å². The van der Waals surface area contributed by atoms with E-state index in [0.717, 1.165) is 0 Å². The summed E-state index contributed by atoms with van der Waals surface area (Å²) in [7, 11) is 0. The van der Waals surface area contributed by atoms with Gasteiger partial charge in [0.15, 0.2) is 0 Å². The topological polar surface area (TPSA) is 57.5 Å². The highest BCUT2D eigenvalue weighted by molar-refractivity contribution is 5.90. The summed E-state index contributed by atoms with van der Waals surface area (Å²) in [4.78, 5) is 10.5. The molecule has 0 amide bonds.